The SMILES string of the molecule is CCOC(=O)C1=C(C)N=c2s/c(=C\c3ccccc3OCc3ccccc3)c(=O)n2[C@@H]1c1ccc(C(C)C)cc1. The third kappa shape index (κ3) is 5.56. The quantitative estimate of drug-likeness (QED) is 0.271. The van der Waals surface area contributed by atoms with E-state index in [1.54, 1.807) is 18.4 Å². The second-order valence-corrected chi connectivity index (χ2v) is 10.9. The van der Waals surface area contributed by atoms with Gasteiger partial charge in [0.25, 0.3) is 5.56 Å². The van der Waals surface area contributed by atoms with E-state index in [1.165, 1.54) is 16.9 Å². The molecule has 0 saturated heterocycles. The number of esters is 1. The number of hydrogen-bond donors (Lipinski definition) is 0. The molecule has 0 spiro atoms. The van der Waals surface area contributed by atoms with Crippen LogP contribution in [0.4, 0.5) is 0 Å². The fourth-order valence-corrected chi connectivity index (χ4v) is 5.82. The molecule has 3 aromatic carbocycles. The minimum atomic E-state index is -0.636. The maximum atomic E-state index is 14.0. The highest BCUT2D eigenvalue weighted by Crippen LogP contribution is 2.31. The summed E-state index contributed by atoms with van der Waals surface area (Å²) in [5, 5.41) is 0. The lowest BCUT2D eigenvalue weighted by molar-refractivity contribution is -0.139. The molecule has 4 aromatic rings. The Morgan fingerprint density at radius 2 is 1.73 bits per heavy atom. The van der Waals surface area contributed by atoms with Gasteiger partial charge in [-0.2, -0.15) is 0 Å². The molecule has 0 aliphatic carbocycles. The molecule has 1 aliphatic heterocycles. The molecule has 0 N–H and O–H groups in total. The van der Waals surface area contributed by atoms with Gasteiger partial charge in [-0.1, -0.05) is 98.0 Å². The lowest BCUT2D eigenvalue weighted by atomic mass is 9.93. The molecule has 0 fully saturated rings. The van der Waals surface area contributed by atoms with Gasteiger partial charge in [0.1, 0.15) is 12.4 Å². The number of benzene rings is 3. The fraction of sp³-hybridized carbons (Fsp3) is 0.242. The Balaban J connectivity index is 1.60. The van der Waals surface area contributed by atoms with E-state index in [1.807, 2.05) is 84.9 Å². The van der Waals surface area contributed by atoms with Gasteiger partial charge in [-0.3, -0.25) is 9.36 Å². The monoisotopic (exact) mass is 552 g/mol. The number of aromatic nitrogens is 1. The van der Waals surface area contributed by atoms with Gasteiger partial charge in [-0.25, -0.2) is 9.79 Å². The van der Waals surface area contributed by atoms with Crippen molar-refractivity contribution in [3.8, 4) is 5.75 Å². The molecular weight excluding hydrogens is 520 g/mol. The third-order valence-electron chi connectivity index (χ3n) is 6.88. The van der Waals surface area contributed by atoms with E-state index < -0.39 is 12.0 Å². The number of fused-ring (bicyclic) bond motifs is 1. The van der Waals surface area contributed by atoms with Gasteiger partial charge < -0.3 is 9.47 Å². The molecule has 1 atom stereocenters. The molecule has 0 unspecified atom stereocenters. The highest BCUT2D eigenvalue weighted by molar-refractivity contribution is 7.07. The third-order valence-corrected chi connectivity index (χ3v) is 7.86. The second kappa shape index (κ2) is 11.9. The average Bonchev–Trinajstić information content (AvgIpc) is 3.26. The first-order chi connectivity index (χ1) is 19.4. The Bertz CT molecular complexity index is 1730. The van der Waals surface area contributed by atoms with Crippen molar-refractivity contribution in [3.63, 3.8) is 0 Å². The van der Waals surface area contributed by atoms with Crippen LogP contribution < -0.4 is 19.6 Å². The Hall–Kier alpha value is -4.23. The fourth-order valence-electron chi connectivity index (χ4n) is 4.78. The normalized spacial score (nSPS) is 15.1. The van der Waals surface area contributed by atoms with E-state index in [9.17, 15) is 9.59 Å². The predicted molar refractivity (Wildman–Crippen MR) is 158 cm³/mol. The molecule has 40 heavy (non-hydrogen) atoms. The standard InChI is InChI=1S/C33H32N2O4S/c1-5-38-32(37)29-22(4)34-33-35(30(29)25-17-15-24(16-18-25)21(2)3)31(36)28(40-33)19-26-13-9-10-14-27(26)39-20-23-11-7-6-8-12-23/h6-19,21,30H,5,20H2,1-4H3/b28-19-/t30-/m1/s1. The number of ether oxygens (including phenoxy) is 2. The van der Waals surface area contributed by atoms with Crippen molar-refractivity contribution in [2.45, 2.75) is 46.3 Å². The number of para-hydroxylation sites is 1. The molecule has 1 aromatic heterocycles. The molecule has 1 aliphatic rings. The molecule has 0 saturated carbocycles. The lowest BCUT2D eigenvalue weighted by Crippen LogP contribution is -2.39. The summed E-state index contributed by atoms with van der Waals surface area (Å²) in [4.78, 5) is 32.3. The summed E-state index contributed by atoms with van der Waals surface area (Å²) in [7, 11) is 0. The number of allylic oxidation sites excluding steroid dienone is 1. The van der Waals surface area contributed by atoms with Crippen LogP contribution in [0.15, 0.2) is 99.9 Å². The summed E-state index contributed by atoms with van der Waals surface area (Å²) >= 11 is 1.30. The number of carbonyl (C=O) groups excluding carboxylic acids is 1. The maximum Gasteiger partial charge on any atom is 0.338 e. The minimum Gasteiger partial charge on any atom is -0.488 e. The van der Waals surface area contributed by atoms with Gasteiger partial charge >= 0.3 is 5.97 Å². The predicted octanol–water partition coefficient (Wildman–Crippen LogP) is 5.50. The molecule has 6 nitrogen and oxygen atoms in total. The van der Waals surface area contributed by atoms with Crippen molar-refractivity contribution in [1.82, 2.24) is 4.57 Å². The van der Waals surface area contributed by atoms with Crippen LogP contribution in [-0.2, 0) is 16.1 Å². The van der Waals surface area contributed by atoms with Crippen molar-refractivity contribution >= 4 is 23.4 Å². The summed E-state index contributed by atoms with van der Waals surface area (Å²) in [5.41, 5.74) is 4.59. The average molecular weight is 553 g/mol. The van der Waals surface area contributed by atoms with Crippen LogP contribution >= 0.6 is 11.3 Å². The molecule has 0 radical (unpaired) electrons. The summed E-state index contributed by atoms with van der Waals surface area (Å²) in [5.74, 6) is 0.582. The van der Waals surface area contributed by atoms with Crippen LogP contribution in [0.3, 0.4) is 0 Å². The van der Waals surface area contributed by atoms with Crippen LogP contribution in [-0.4, -0.2) is 17.1 Å². The zero-order valence-electron chi connectivity index (χ0n) is 23.1. The van der Waals surface area contributed by atoms with Crippen molar-refractivity contribution in [2.24, 2.45) is 4.99 Å². The number of carbonyl (C=O) groups is 1. The first-order valence-corrected chi connectivity index (χ1v) is 14.2. The van der Waals surface area contributed by atoms with Gasteiger partial charge in [0.05, 0.1) is 28.5 Å². The maximum absolute atomic E-state index is 14.0. The number of hydrogen-bond acceptors (Lipinski definition) is 6. The second-order valence-electron chi connectivity index (χ2n) is 9.94. The number of rotatable bonds is 8. The summed E-state index contributed by atoms with van der Waals surface area (Å²) < 4.78 is 13.7. The van der Waals surface area contributed by atoms with E-state index >= 15 is 0 Å². The van der Waals surface area contributed by atoms with Gasteiger partial charge in [-0.05, 0) is 48.6 Å². The van der Waals surface area contributed by atoms with E-state index in [4.69, 9.17) is 9.47 Å². The van der Waals surface area contributed by atoms with Crippen LogP contribution in [0.2, 0.25) is 0 Å². The van der Waals surface area contributed by atoms with E-state index in [2.05, 4.69) is 18.8 Å². The Morgan fingerprint density at radius 3 is 2.42 bits per heavy atom. The molecule has 204 valence electrons. The highest BCUT2D eigenvalue weighted by Gasteiger charge is 2.33. The molecule has 5 rings (SSSR count). The molecular formula is C33H32N2O4S. The highest BCUT2D eigenvalue weighted by atomic mass is 32.1. The molecule has 0 amide bonds. The van der Waals surface area contributed by atoms with Gasteiger partial charge in [-0.15, -0.1) is 0 Å². The first-order valence-electron chi connectivity index (χ1n) is 13.4. The zero-order valence-corrected chi connectivity index (χ0v) is 23.9. The van der Waals surface area contributed by atoms with Gasteiger partial charge in [0, 0.05) is 5.56 Å². The molecule has 0 bridgehead atoms. The Kier molecular flexibility index (Phi) is 8.12. The van der Waals surface area contributed by atoms with Crippen LogP contribution in [0, 0.1) is 0 Å². The van der Waals surface area contributed by atoms with Crippen LogP contribution in [0.5, 0.6) is 5.75 Å². The summed E-state index contributed by atoms with van der Waals surface area (Å²) in [6.07, 6.45) is 1.84. The molecule has 2 heterocycles. The number of nitrogens with zero attached hydrogens (tertiary/aromatic N) is 2. The van der Waals surface area contributed by atoms with Crippen molar-refractivity contribution in [2.75, 3.05) is 6.61 Å². The minimum absolute atomic E-state index is 0.214. The van der Waals surface area contributed by atoms with Crippen molar-refractivity contribution in [1.29, 1.82) is 0 Å². The van der Waals surface area contributed by atoms with E-state index in [0.717, 1.165) is 16.7 Å². The summed E-state index contributed by atoms with van der Waals surface area (Å²) in [6, 6.07) is 25.0. The summed E-state index contributed by atoms with van der Waals surface area (Å²) in [6.45, 7) is 8.49. The Labute approximate surface area is 237 Å². The van der Waals surface area contributed by atoms with Crippen LogP contribution in [0.1, 0.15) is 61.9 Å². The van der Waals surface area contributed by atoms with Crippen LogP contribution in [0.25, 0.3) is 6.08 Å². The van der Waals surface area contributed by atoms with Gasteiger partial charge in [0.15, 0.2) is 4.80 Å². The topological polar surface area (TPSA) is 69.9 Å². The van der Waals surface area contributed by atoms with Crippen molar-refractivity contribution < 1.29 is 14.3 Å². The largest absolute Gasteiger partial charge is 0.488 e. The lowest BCUT2D eigenvalue weighted by Gasteiger charge is -2.25. The zero-order chi connectivity index (χ0) is 28.2. The Morgan fingerprint density at radius 1 is 1.02 bits per heavy atom. The number of thiazole rings is 1. The first kappa shape index (κ1) is 27.3. The van der Waals surface area contributed by atoms with Gasteiger partial charge in [0.2, 0.25) is 0 Å². The molecule has 7 heteroatoms. The smallest absolute Gasteiger partial charge is 0.338 e. The van der Waals surface area contributed by atoms with E-state index in [0.29, 0.717) is 38.9 Å². The van der Waals surface area contributed by atoms with E-state index in [-0.39, 0.29) is 12.2 Å². The van der Waals surface area contributed by atoms with Crippen molar-refractivity contribution in [3.05, 3.63) is 132 Å².